The largest absolute Gasteiger partial charge is 0.447 e. The van der Waals surface area contributed by atoms with Gasteiger partial charge >= 0.3 is 6.09 Å². The minimum atomic E-state index is -0.745. The van der Waals surface area contributed by atoms with Crippen molar-refractivity contribution in [1.29, 1.82) is 0 Å². The molecule has 20 heavy (non-hydrogen) atoms. The number of amides is 1. The van der Waals surface area contributed by atoms with Crippen molar-refractivity contribution < 1.29 is 14.6 Å². The zero-order valence-corrected chi connectivity index (χ0v) is 11.5. The molecule has 1 saturated carbocycles. The Hall–Kier alpha value is -1.55. The predicted molar refractivity (Wildman–Crippen MR) is 75.5 cm³/mol. The van der Waals surface area contributed by atoms with Crippen molar-refractivity contribution in [1.82, 2.24) is 5.32 Å². The molecule has 1 aromatic carbocycles. The molecule has 1 amide bonds. The van der Waals surface area contributed by atoms with Crippen molar-refractivity contribution in [3.8, 4) is 0 Å². The first-order valence-electron chi connectivity index (χ1n) is 7.40. The Balaban J connectivity index is 1.92. The third kappa shape index (κ3) is 2.52. The fourth-order valence-corrected chi connectivity index (χ4v) is 3.63. The van der Waals surface area contributed by atoms with E-state index in [-0.39, 0.29) is 18.1 Å². The third-order valence-electron chi connectivity index (χ3n) is 4.56. The summed E-state index contributed by atoms with van der Waals surface area (Å²) in [6, 6.07) is 9.84. The molecule has 0 radical (unpaired) electrons. The van der Waals surface area contributed by atoms with Gasteiger partial charge in [0.25, 0.3) is 0 Å². The van der Waals surface area contributed by atoms with Gasteiger partial charge in [-0.3, -0.25) is 0 Å². The van der Waals surface area contributed by atoms with E-state index in [2.05, 4.69) is 5.32 Å². The smallest absolute Gasteiger partial charge is 0.407 e. The third-order valence-corrected chi connectivity index (χ3v) is 4.56. The van der Waals surface area contributed by atoms with E-state index < -0.39 is 5.60 Å². The Bertz CT molecular complexity index is 468. The summed E-state index contributed by atoms with van der Waals surface area (Å²) in [7, 11) is 0. The van der Waals surface area contributed by atoms with Gasteiger partial charge in [-0.05, 0) is 18.4 Å². The van der Waals surface area contributed by atoms with Crippen molar-refractivity contribution in [2.45, 2.75) is 49.7 Å². The number of hydrogen-bond donors (Lipinski definition) is 2. The summed E-state index contributed by atoms with van der Waals surface area (Å²) in [5, 5.41) is 14.0. The predicted octanol–water partition coefficient (Wildman–Crippen LogP) is 2.57. The average Bonchev–Trinajstić information content (AvgIpc) is 2.87. The SMILES string of the molecule is O=C1NC(C(c2ccccc2)C2(O)CCCCC2)CO1. The lowest BCUT2D eigenvalue weighted by molar-refractivity contribution is -0.0313. The molecule has 2 fully saturated rings. The molecule has 0 bridgehead atoms. The summed E-state index contributed by atoms with van der Waals surface area (Å²) >= 11 is 0. The minimum Gasteiger partial charge on any atom is -0.447 e. The van der Waals surface area contributed by atoms with Crippen LogP contribution in [-0.2, 0) is 4.74 Å². The van der Waals surface area contributed by atoms with Crippen molar-refractivity contribution >= 4 is 6.09 Å². The lowest BCUT2D eigenvalue weighted by Gasteiger charge is -2.41. The van der Waals surface area contributed by atoms with Crippen LogP contribution in [0.5, 0.6) is 0 Å². The van der Waals surface area contributed by atoms with Crippen LogP contribution >= 0.6 is 0 Å². The number of alkyl carbamates (subject to hydrolysis) is 1. The van der Waals surface area contributed by atoms with Crippen molar-refractivity contribution in [3.05, 3.63) is 35.9 Å². The van der Waals surface area contributed by atoms with Gasteiger partial charge in [0.05, 0.1) is 11.6 Å². The first-order chi connectivity index (χ1) is 9.69. The highest BCUT2D eigenvalue weighted by molar-refractivity contribution is 5.70. The molecule has 2 unspecified atom stereocenters. The first kappa shape index (κ1) is 13.4. The lowest BCUT2D eigenvalue weighted by atomic mass is 9.70. The molecular formula is C16H21NO3. The number of rotatable bonds is 3. The number of cyclic esters (lactones) is 1. The molecule has 2 atom stereocenters. The lowest BCUT2D eigenvalue weighted by Crippen LogP contribution is -2.48. The van der Waals surface area contributed by atoms with E-state index >= 15 is 0 Å². The standard InChI is InChI=1S/C16H21NO3/c18-15-17-13(11-20-15)14(12-7-3-1-4-8-12)16(19)9-5-2-6-10-16/h1,3-4,7-8,13-14,19H,2,5-6,9-11H2,(H,17,18). The van der Waals surface area contributed by atoms with Gasteiger partial charge in [-0.15, -0.1) is 0 Å². The van der Waals surface area contributed by atoms with Crippen LogP contribution in [-0.4, -0.2) is 29.4 Å². The van der Waals surface area contributed by atoms with E-state index in [4.69, 9.17) is 4.74 Å². The Kier molecular flexibility index (Phi) is 3.66. The fraction of sp³-hybridized carbons (Fsp3) is 0.562. The van der Waals surface area contributed by atoms with E-state index in [9.17, 15) is 9.90 Å². The molecule has 0 aromatic heterocycles. The van der Waals surface area contributed by atoms with E-state index in [1.54, 1.807) is 0 Å². The number of hydrogen-bond acceptors (Lipinski definition) is 3. The van der Waals surface area contributed by atoms with E-state index in [1.165, 1.54) is 6.42 Å². The van der Waals surface area contributed by atoms with Gasteiger partial charge in [0.2, 0.25) is 0 Å². The fourth-order valence-electron chi connectivity index (χ4n) is 3.63. The molecule has 108 valence electrons. The second-order valence-electron chi connectivity index (χ2n) is 5.90. The Morgan fingerprint density at radius 3 is 2.50 bits per heavy atom. The quantitative estimate of drug-likeness (QED) is 0.891. The molecule has 2 N–H and O–H groups in total. The summed E-state index contributed by atoms with van der Waals surface area (Å²) in [6.45, 7) is 0.334. The molecule has 1 aliphatic carbocycles. The number of ether oxygens (including phenoxy) is 1. The second-order valence-corrected chi connectivity index (χ2v) is 5.90. The summed E-state index contributed by atoms with van der Waals surface area (Å²) in [5.41, 5.74) is 0.332. The molecule has 2 aliphatic rings. The van der Waals surface area contributed by atoms with Crippen molar-refractivity contribution in [2.75, 3.05) is 6.61 Å². The highest BCUT2D eigenvalue weighted by Crippen LogP contribution is 2.42. The molecule has 3 rings (SSSR count). The maximum atomic E-state index is 11.4. The minimum absolute atomic E-state index is 0.101. The second kappa shape index (κ2) is 5.44. The van der Waals surface area contributed by atoms with Crippen LogP contribution in [0.2, 0.25) is 0 Å². The highest BCUT2D eigenvalue weighted by Gasteiger charge is 2.45. The molecule has 1 aromatic rings. The number of carbonyl (C=O) groups excluding carboxylic acids is 1. The summed E-state index contributed by atoms with van der Waals surface area (Å²) in [6.07, 6.45) is 4.47. The molecular weight excluding hydrogens is 254 g/mol. The normalized spacial score (nSPS) is 26.6. The maximum absolute atomic E-state index is 11.4. The van der Waals surface area contributed by atoms with Crippen LogP contribution < -0.4 is 5.32 Å². The Labute approximate surface area is 119 Å². The van der Waals surface area contributed by atoms with E-state index in [0.29, 0.717) is 6.61 Å². The van der Waals surface area contributed by atoms with Crippen LogP contribution in [0.15, 0.2) is 30.3 Å². The molecule has 4 nitrogen and oxygen atoms in total. The zero-order valence-electron chi connectivity index (χ0n) is 11.5. The van der Waals surface area contributed by atoms with Crippen LogP contribution in [0.1, 0.15) is 43.6 Å². The summed E-state index contributed by atoms with van der Waals surface area (Å²) < 4.78 is 5.04. The van der Waals surface area contributed by atoms with E-state index in [0.717, 1.165) is 31.2 Å². The molecule has 1 saturated heterocycles. The van der Waals surface area contributed by atoms with Gasteiger partial charge in [-0.25, -0.2) is 4.79 Å². The van der Waals surface area contributed by atoms with Gasteiger partial charge in [-0.1, -0.05) is 49.6 Å². The van der Waals surface area contributed by atoms with Gasteiger partial charge in [0.1, 0.15) is 6.61 Å². The number of carbonyl (C=O) groups is 1. The Morgan fingerprint density at radius 1 is 1.20 bits per heavy atom. The first-order valence-corrected chi connectivity index (χ1v) is 7.40. The average molecular weight is 275 g/mol. The van der Waals surface area contributed by atoms with Crippen LogP contribution in [0, 0.1) is 0 Å². The molecule has 4 heteroatoms. The van der Waals surface area contributed by atoms with Gasteiger partial charge in [-0.2, -0.15) is 0 Å². The molecule has 1 aliphatic heterocycles. The summed E-state index contributed by atoms with van der Waals surface area (Å²) in [4.78, 5) is 11.4. The number of benzene rings is 1. The highest BCUT2D eigenvalue weighted by atomic mass is 16.6. The molecule has 0 spiro atoms. The van der Waals surface area contributed by atoms with Gasteiger partial charge < -0.3 is 15.2 Å². The van der Waals surface area contributed by atoms with Crippen molar-refractivity contribution in [2.24, 2.45) is 0 Å². The molecule has 1 heterocycles. The van der Waals surface area contributed by atoms with Crippen LogP contribution in [0.4, 0.5) is 4.79 Å². The Morgan fingerprint density at radius 2 is 1.90 bits per heavy atom. The number of aliphatic hydroxyl groups is 1. The van der Waals surface area contributed by atoms with Gasteiger partial charge in [0, 0.05) is 5.92 Å². The monoisotopic (exact) mass is 275 g/mol. The maximum Gasteiger partial charge on any atom is 0.407 e. The van der Waals surface area contributed by atoms with Gasteiger partial charge in [0.15, 0.2) is 0 Å². The van der Waals surface area contributed by atoms with Crippen molar-refractivity contribution in [3.63, 3.8) is 0 Å². The van der Waals surface area contributed by atoms with Crippen LogP contribution in [0.25, 0.3) is 0 Å². The number of nitrogens with one attached hydrogen (secondary N) is 1. The van der Waals surface area contributed by atoms with Crippen LogP contribution in [0.3, 0.4) is 0 Å². The topological polar surface area (TPSA) is 58.6 Å². The zero-order chi connectivity index (χ0) is 14.0. The summed E-state index contributed by atoms with van der Waals surface area (Å²) in [5.74, 6) is -0.101. The van der Waals surface area contributed by atoms with E-state index in [1.807, 2.05) is 30.3 Å².